The second kappa shape index (κ2) is 11.4. The van der Waals surface area contributed by atoms with Crippen molar-refractivity contribution in [2.24, 2.45) is 0 Å². The topological polar surface area (TPSA) is 17.8 Å². The number of hydrogen-bond donors (Lipinski definition) is 0. The summed E-state index contributed by atoms with van der Waals surface area (Å²) in [5.74, 6) is 0. The Labute approximate surface area is 232 Å². The molecule has 0 aliphatic rings. The van der Waals surface area contributed by atoms with Crippen LogP contribution in [-0.2, 0) is 30.2 Å². The van der Waals surface area contributed by atoms with Crippen molar-refractivity contribution >= 4 is 31.6 Å². The molecule has 0 fully saturated rings. The minimum absolute atomic E-state index is 0.198. The Morgan fingerprint density at radius 2 is 1.16 bits per heavy atom. The van der Waals surface area contributed by atoms with Gasteiger partial charge in [0.05, 0.1) is 0 Å². The summed E-state index contributed by atoms with van der Waals surface area (Å²) in [5.41, 5.74) is 7.17. The number of para-hydroxylation sites is 2. The minimum atomic E-state index is -1.28. The Hall–Kier alpha value is -1.92. The molecule has 0 saturated carbocycles. The fourth-order valence-electron chi connectivity index (χ4n) is 4.82. The van der Waals surface area contributed by atoms with Crippen LogP contribution < -0.4 is 0 Å². The number of aromatic nitrogens is 2. The Bertz CT molecular complexity index is 1290. The van der Waals surface area contributed by atoms with E-state index < -0.39 is 5.51 Å². The summed E-state index contributed by atoms with van der Waals surface area (Å²) in [7, 11) is 0. The Morgan fingerprint density at radius 1 is 0.676 bits per heavy atom. The van der Waals surface area contributed by atoms with Crippen LogP contribution in [-0.4, -0.2) is 43.1 Å². The third-order valence-corrected chi connectivity index (χ3v) is 14.1. The zero-order valence-corrected chi connectivity index (χ0v) is 26.1. The van der Waals surface area contributed by atoms with Gasteiger partial charge in [0.1, 0.15) is 0 Å². The zero-order chi connectivity index (χ0) is 26.7. The fraction of sp³-hybridized carbons (Fsp3) is 0.424. The van der Waals surface area contributed by atoms with Gasteiger partial charge in [0.15, 0.2) is 0 Å². The second-order valence-corrected chi connectivity index (χ2v) is 20.9. The SMILES string of the molecule is CC(C)(C)c1ccc(CCP(=[Se])(CCc2ccc(C(C)(C)C)cc2)CCn2cnc3ccccc32)cc1. The number of rotatable bonds is 9. The van der Waals surface area contributed by atoms with Crippen molar-refractivity contribution < 1.29 is 0 Å². The summed E-state index contributed by atoms with van der Waals surface area (Å²) in [4.78, 5) is 4.63. The first kappa shape index (κ1) is 28.1. The van der Waals surface area contributed by atoms with Crippen LogP contribution in [0, 0.1) is 0 Å². The van der Waals surface area contributed by atoms with E-state index in [-0.39, 0.29) is 10.8 Å². The fourth-order valence-corrected chi connectivity index (χ4v) is 9.07. The zero-order valence-electron chi connectivity index (χ0n) is 23.5. The van der Waals surface area contributed by atoms with E-state index in [2.05, 4.69) is 139 Å². The van der Waals surface area contributed by atoms with Gasteiger partial charge in [-0.15, -0.1) is 0 Å². The molecule has 1 heterocycles. The van der Waals surface area contributed by atoms with Gasteiger partial charge in [0.2, 0.25) is 0 Å². The molecule has 0 amide bonds. The van der Waals surface area contributed by atoms with Gasteiger partial charge >= 0.3 is 233 Å². The molecule has 0 radical (unpaired) electrons. The number of imidazole rings is 1. The Kier molecular flexibility index (Phi) is 8.69. The van der Waals surface area contributed by atoms with Gasteiger partial charge < -0.3 is 0 Å². The van der Waals surface area contributed by atoms with Gasteiger partial charge in [-0.25, -0.2) is 0 Å². The number of nitrogens with zero attached hydrogens (tertiary/aromatic N) is 2. The molecule has 0 N–H and O–H groups in total. The van der Waals surface area contributed by atoms with Crippen molar-refractivity contribution in [2.45, 2.75) is 71.8 Å². The number of aryl methyl sites for hydroxylation is 3. The van der Waals surface area contributed by atoms with E-state index in [9.17, 15) is 0 Å². The van der Waals surface area contributed by atoms with Gasteiger partial charge in [-0.1, -0.05) is 0 Å². The van der Waals surface area contributed by atoms with Gasteiger partial charge in [0.25, 0.3) is 0 Å². The van der Waals surface area contributed by atoms with Crippen molar-refractivity contribution in [3.63, 3.8) is 0 Å². The van der Waals surface area contributed by atoms with Crippen molar-refractivity contribution in [3.8, 4) is 0 Å². The summed E-state index contributed by atoms with van der Waals surface area (Å²) >= 11 is 3.79. The molecule has 0 saturated heterocycles. The summed E-state index contributed by atoms with van der Waals surface area (Å²) in [6, 6.07) is 27.2. The van der Waals surface area contributed by atoms with E-state index in [1.165, 1.54) is 46.3 Å². The van der Waals surface area contributed by atoms with E-state index in [1.807, 2.05) is 6.33 Å². The third kappa shape index (κ3) is 7.57. The molecule has 4 aromatic rings. The molecular formula is C33H43N2PSe. The van der Waals surface area contributed by atoms with Gasteiger partial charge in [-0.3, -0.25) is 0 Å². The number of hydrogen-bond acceptors (Lipinski definition) is 1. The van der Waals surface area contributed by atoms with Crippen LogP contribution in [0.3, 0.4) is 0 Å². The molecule has 0 aliphatic carbocycles. The standard InChI is InChI=1S/C33H43N2PSe/c1-32(2,3)28-15-11-26(12-16-28)19-22-36(37,23-20-27-13-17-29(18-14-27)33(4,5)6)24-21-35-25-34-30-9-7-8-10-31(30)35/h7-18,25H,19-24H2,1-6H3. The summed E-state index contributed by atoms with van der Waals surface area (Å²) in [5, 5.41) is 0. The first-order valence-corrected chi connectivity index (χ1v) is 18.1. The van der Waals surface area contributed by atoms with Crippen LogP contribution in [0.15, 0.2) is 79.1 Å². The number of fused-ring (bicyclic) bond motifs is 1. The molecule has 0 atom stereocenters. The van der Waals surface area contributed by atoms with Crippen molar-refractivity contribution in [1.82, 2.24) is 9.55 Å². The summed E-state index contributed by atoms with van der Waals surface area (Å²) in [6.45, 7) is 14.7. The van der Waals surface area contributed by atoms with Gasteiger partial charge in [-0.05, 0) is 0 Å². The van der Waals surface area contributed by atoms with Crippen LogP contribution in [0.4, 0.5) is 0 Å². The Morgan fingerprint density at radius 3 is 1.65 bits per heavy atom. The molecule has 196 valence electrons. The average molecular weight is 578 g/mol. The average Bonchev–Trinajstić information content (AvgIpc) is 3.28. The van der Waals surface area contributed by atoms with Crippen LogP contribution in [0.25, 0.3) is 11.0 Å². The van der Waals surface area contributed by atoms with Crippen LogP contribution in [0.5, 0.6) is 0 Å². The van der Waals surface area contributed by atoms with Crippen molar-refractivity contribution in [3.05, 3.63) is 101 Å². The third-order valence-electron chi connectivity index (χ3n) is 7.53. The monoisotopic (exact) mass is 578 g/mol. The summed E-state index contributed by atoms with van der Waals surface area (Å²) < 4.78 is 2.34. The quantitative estimate of drug-likeness (QED) is 0.145. The molecule has 0 aliphatic heterocycles. The molecule has 0 spiro atoms. The first-order chi connectivity index (χ1) is 17.4. The van der Waals surface area contributed by atoms with E-state index in [1.54, 1.807) is 0 Å². The maximum absolute atomic E-state index is 4.63. The number of benzene rings is 3. The predicted octanol–water partition coefficient (Wildman–Crippen LogP) is 8.22. The van der Waals surface area contributed by atoms with Crippen molar-refractivity contribution in [1.29, 1.82) is 0 Å². The molecule has 2 nitrogen and oxygen atoms in total. The van der Waals surface area contributed by atoms with Crippen LogP contribution in [0.1, 0.15) is 63.8 Å². The molecule has 4 rings (SSSR count). The first-order valence-electron chi connectivity index (χ1n) is 13.6. The summed E-state index contributed by atoms with van der Waals surface area (Å²) in [6.07, 6.45) is 7.99. The predicted molar refractivity (Wildman–Crippen MR) is 165 cm³/mol. The molecule has 4 heteroatoms. The van der Waals surface area contributed by atoms with Crippen molar-refractivity contribution in [2.75, 3.05) is 18.5 Å². The van der Waals surface area contributed by atoms with Gasteiger partial charge in [-0.2, -0.15) is 0 Å². The molecule has 3 aromatic carbocycles. The molecular weight excluding hydrogens is 534 g/mol. The molecule has 37 heavy (non-hydrogen) atoms. The second-order valence-electron chi connectivity index (χ2n) is 12.5. The Balaban J connectivity index is 1.48. The maximum atomic E-state index is 4.63. The van der Waals surface area contributed by atoms with E-state index in [0.717, 1.165) is 24.9 Å². The van der Waals surface area contributed by atoms with E-state index in [4.69, 9.17) is 0 Å². The molecule has 1 aromatic heterocycles. The van der Waals surface area contributed by atoms with E-state index >= 15 is 0 Å². The van der Waals surface area contributed by atoms with E-state index in [0.29, 0.717) is 0 Å². The van der Waals surface area contributed by atoms with Crippen LogP contribution in [0.2, 0.25) is 0 Å². The molecule has 0 unspecified atom stereocenters. The normalized spacial score (nSPS) is 12.8. The van der Waals surface area contributed by atoms with Crippen LogP contribution >= 0.6 is 5.51 Å². The van der Waals surface area contributed by atoms with Gasteiger partial charge in [0, 0.05) is 0 Å². The molecule has 0 bridgehead atoms.